The van der Waals surface area contributed by atoms with E-state index in [1.54, 1.807) is 0 Å². The highest BCUT2D eigenvalue weighted by Gasteiger charge is 2.27. The molecule has 0 bridgehead atoms. The Morgan fingerprint density at radius 2 is 1.10 bits per heavy atom. The lowest BCUT2D eigenvalue weighted by molar-refractivity contribution is -0.870. The minimum absolute atomic E-state index is 0.0269. The Morgan fingerprint density at radius 1 is 0.633 bits per heavy atom. The summed E-state index contributed by atoms with van der Waals surface area (Å²) < 4.78 is 34.1. The summed E-state index contributed by atoms with van der Waals surface area (Å²) >= 11 is 0. The number of unbranched alkanes of at least 4 members (excludes halogenated alkanes) is 14. The zero-order valence-corrected chi connectivity index (χ0v) is 32.8. The van der Waals surface area contributed by atoms with E-state index in [1.165, 1.54) is 25.7 Å². The average Bonchev–Trinajstić information content (AvgIpc) is 3.04. The van der Waals surface area contributed by atoms with Crippen LogP contribution >= 0.6 is 7.82 Å². The van der Waals surface area contributed by atoms with E-state index in [1.807, 2.05) is 21.1 Å². The molecule has 0 aromatic rings. The van der Waals surface area contributed by atoms with E-state index in [2.05, 4.69) is 50.3 Å². The average molecular weight is 715 g/mol. The molecule has 0 aromatic carbocycles. The number of rotatable bonds is 34. The summed E-state index contributed by atoms with van der Waals surface area (Å²) in [4.78, 5) is 35.1. The summed E-state index contributed by atoms with van der Waals surface area (Å²) in [6.45, 7) is 4.29. The first kappa shape index (κ1) is 47.2. The molecule has 0 saturated carbocycles. The number of phosphoric acid groups is 1. The third kappa shape index (κ3) is 35.8. The van der Waals surface area contributed by atoms with E-state index < -0.39 is 26.5 Å². The van der Waals surface area contributed by atoms with Crippen molar-refractivity contribution in [3.05, 3.63) is 36.5 Å². The number of likely N-dealkylation sites (N-methyl/N-ethyl adjacent to an activating group) is 1. The van der Waals surface area contributed by atoms with Crippen molar-refractivity contribution in [3.8, 4) is 0 Å². The Balaban J connectivity index is 4.48. The van der Waals surface area contributed by atoms with Gasteiger partial charge in [0.05, 0.1) is 27.7 Å². The number of hydrogen-bond acceptors (Lipinski definition) is 7. The second-order valence-corrected chi connectivity index (χ2v) is 15.4. The van der Waals surface area contributed by atoms with Crippen LogP contribution in [0.3, 0.4) is 0 Å². The summed E-state index contributed by atoms with van der Waals surface area (Å²) in [7, 11) is 1.46. The van der Waals surface area contributed by atoms with Gasteiger partial charge in [-0.15, -0.1) is 0 Å². The van der Waals surface area contributed by atoms with Gasteiger partial charge in [0.15, 0.2) is 6.10 Å². The molecule has 10 heteroatoms. The highest BCUT2D eigenvalue weighted by Crippen LogP contribution is 2.43. The maximum Gasteiger partial charge on any atom is 0.472 e. The van der Waals surface area contributed by atoms with Crippen LogP contribution in [0.15, 0.2) is 36.5 Å². The van der Waals surface area contributed by atoms with Crippen LogP contribution in [0.1, 0.15) is 149 Å². The lowest BCUT2D eigenvalue weighted by Gasteiger charge is -2.24. The number of carbonyl (C=O) groups excluding carboxylic acids is 2. The minimum Gasteiger partial charge on any atom is -0.462 e. The van der Waals surface area contributed by atoms with Crippen molar-refractivity contribution in [1.82, 2.24) is 0 Å². The Morgan fingerprint density at radius 3 is 1.63 bits per heavy atom. The number of quaternary nitrogens is 1. The highest BCUT2D eigenvalue weighted by molar-refractivity contribution is 7.47. The minimum atomic E-state index is -4.37. The van der Waals surface area contributed by atoms with Crippen molar-refractivity contribution in [2.24, 2.45) is 0 Å². The van der Waals surface area contributed by atoms with Crippen LogP contribution in [0.2, 0.25) is 0 Å². The third-order valence-corrected chi connectivity index (χ3v) is 8.88. The molecular weight excluding hydrogens is 641 g/mol. The first-order valence-corrected chi connectivity index (χ1v) is 20.7. The molecule has 9 nitrogen and oxygen atoms in total. The van der Waals surface area contributed by atoms with E-state index in [-0.39, 0.29) is 32.0 Å². The van der Waals surface area contributed by atoms with Gasteiger partial charge in [0.25, 0.3) is 0 Å². The van der Waals surface area contributed by atoms with Gasteiger partial charge in [0.1, 0.15) is 19.8 Å². The molecule has 0 rings (SSSR count). The first-order chi connectivity index (χ1) is 23.5. The number of nitrogens with zero attached hydrogens (tertiary/aromatic N) is 1. The van der Waals surface area contributed by atoms with E-state index in [4.69, 9.17) is 18.5 Å². The third-order valence-electron chi connectivity index (χ3n) is 7.89. The van der Waals surface area contributed by atoms with Crippen molar-refractivity contribution in [1.29, 1.82) is 0 Å². The van der Waals surface area contributed by atoms with E-state index in [9.17, 15) is 19.0 Å². The SMILES string of the molecule is CCCC/C=C\C/C=C\CCCCCCCC(=O)OC(COC(=O)CCCCCCC/C=C\CCCC)COP(=O)(O)OCC[N+](C)(C)C. The van der Waals surface area contributed by atoms with Gasteiger partial charge in [-0.3, -0.25) is 18.6 Å². The molecule has 286 valence electrons. The van der Waals surface area contributed by atoms with E-state index in [0.717, 1.165) is 89.9 Å². The molecule has 1 N–H and O–H groups in total. The fourth-order valence-electron chi connectivity index (χ4n) is 4.77. The summed E-state index contributed by atoms with van der Waals surface area (Å²) in [6, 6.07) is 0. The highest BCUT2D eigenvalue weighted by atomic mass is 31.2. The summed E-state index contributed by atoms with van der Waals surface area (Å²) in [5.74, 6) is -0.830. The predicted octanol–water partition coefficient (Wildman–Crippen LogP) is 10.2. The molecule has 0 amide bonds. The van der Waals surface area contributed by atoms with Crippen molar-refractivity contribution < 1.29 is 42.1 Å². The van der Waals surface area contributed by atoms with Crippen molar-refractivity contribution >= 4 is 19.8 Å². The number of esters is 2. The molecular formula is C39H73NO8P+. The fourth-order valence-corrected chi connectivity index (χ4v) is 5.52. The number of carbonyl (C=O) groups is 2. The van der Waals surface area contributed by atoms with Crippen molar-refractivity contribution in [2.45, 2.75) is 155 Å². The maximum atomic E-state index is 12.6. The topological polar surface area (TPSA) is 108 Å². The maximum absolute atomic E-state index is 12.6. The normalized spacial score (nSPS) is 14.2. The Labute approximate surface area is 300 Å². The zero-order chi connectivity index (χ0) is 36.5. The number of hydrogen-bond donors (Lipinski definition) is 1. The smallest absolute Gasteiger partial charge is 0.462 e. The van der Waals surface area contributed by atoms with Crippen LogP contribution in [0.25, 0.3) is 0 Å². The monoisotopic (exact) mass is 715 g/mol. The zero-order valence-electron chi connectivity index (χ0n) is 31.9. The Bertz CT molecular complexity index is 944. The second kappa shape index (κ2) is 32.2. The molecule has 0 aromatic heterocycles. The first-order valence-electron chi connectivity index (χ1n) is 19.2. The van der Waals surface area contributed by atoms with E-state index >= 15 is 0 Å². The van der Waals surface area contributed by atoms with E-state index in [0.29, 0.717) is 17.4 Å². The molecule has 49 heavy (non-hydrogen) atoms. The van der Waals surface area contributed by atoms with Crippen LogP contribution < -0.4 is 0 Å². The van der Waals surface area contributed by atoms with Crippen molar-refractivity contribution in [3.63, 3.8) is 0 Å². The largest absolute Gasteiger partial charge is 0.472 e. The molecule has 0 fully saturated rings. The van der Waals surface area contributed by atoms with Gasteiger partial charge >= 0.3 is 19.8 Å². The van der Waals surface area contributed by atoms with Crippen LogP contribution in [-0.4, -0.2) is 74.9 Å². The second-order valence-electron chi connectivity index (χ2n) is 14.0. The Hall–Kier alpha value is -1.77. The molecule has 2 unspecified atom stereocenters. The van der Waals surface area contributed by atoms with Gasteiger partial charge in [0, 0.05) is 12.8 Å². The van der Waals surface area contributed by atoms with Crippen LogP contribution in [0.5, 0.6) is 0 Å². The van der Waals surface area contributed by atoms with Gasteiger partial charge in [-0.1, -0.05) is 115 Å². The van der Waals surface area contributed by atoms with Gasteiger partial charge in [-0.05, 0) is 57.8 Å². The van der Waals surface area contributed by atoms with Crippen LogP contribution in [0.4, 0.5) is 0 Å². The lowest BCUT2D eigenvalue weighted by Crippen LogP contribution is -2.37. The molecule has 0 spiro atoms. The van der Waals surface area contributed by atoms with Crippen LogP contribution in [-0.2, 0) is 32.7 Å². The molecule has 0 aliphatic rings. The van der Waals surface area contributed by atoms with Crippen molar-refractivity contribution in [2.75, 3.05) is 47.5 Å². The molecule has 0 saturated heterocycles. The van der Waals surface area contributed by atoms with Gasteiger partial charge < -0.3 is 18.9 Å². The number of ether oxygens (including phenoxy) is 2. The molecule has 0 aliphatic heterocycles. The summed E-state index contributed by atoms with van der Waals surface area (Å²) in [6.07, 6.45) is 33.3. The molecule has 0 aliphatic carbocycles. The van der Waals surface area contributed by atoms with Crippen LogP contribution in [0, 0.1) is 0 Å². The fraction of sp³-hybridized carbons (Fsp3) is 0.795. The quantitative estimate of drug-likeness (QED) is 0.0231. The Kier molecular flexibility index (Phi) is 31.0. The predicted molar refractivity (Wildman–Crippen MR) is 201 cm³/mol. The standard InChI is InChI=1S/C39H72NO8P/c1-6-8-10-12-14-16-18-19-20-22-24-26-28-30-32-39(42)48-37(36-47-49(43,44)46-34-33-40(3,4)5)35-45-38(41)31-29-27-25-23-21-17-15-13-11-9-7-2/h12-15,18-19,37H,6-11,16-17,20-36H2,1-5H3/p+1/b14-12-,15-13-,19-18-. The van der Waals surface area contributed by atoms with Gasteiger partial charge in [-0.25, -0.2) is 4.57 Å². The molecule has 0 radical (unpaired) electrons. The summed E-state index contributed by atoms with van der Waals surface area (Å²) in [5.41, 5.74) is 0. The summed E-state index contributed by atoms with van der Waals surface area (Å²) in [5, 5.41) is 0. The van der Waals surface area contributed by atoms with Gasteiger partial charge in [0.2, 0.25) is 0 Å². The van der Waals surface area contributed by atoms with Gasteiger partial charge in [-0.2, -0.15) is 0 Å². The number of allylic oxidation sites excluding steroid dienone is 6. The number of phosphoric ester groups is 1. The molecule has 0 heterocycles. The molecule has 2 atom stereocenters. The lowest BCUT2D eigenvalue weighted by atomic mass is 10.1.